The van der Waals surface area contributed by atoms with E-state index in [9.17, 15) is 4.79 Å². The van der Waals surface area contributed by atoms with E-state index in [1.54, 1.807) is 0 Å². The number of amides is 1. The molecule has 1 amide bonds. The lowest BCUT2D eigenvalue weighted by Gasteiger charge is -2.18. The van der Waals surface area contributed by atoms with Crippen molar-refractivity contribution in [3.63, 3.8) is 0 Å². The third-order valence-corrected chi connectivity index (χ3v) is 4.66. The molecule has 126 valence electrons. The molecule has 3 heteroatoms. The Bertz CT molecular complexity index is 693. The van der Waals surface area contributed by atoms with E-state index < -0.39 is 0 Å². The molecule has 0 aromatic heterocycles. The molecule has 2 aromatic carbocycles. The van der Waals surface area contributed by atoms with E-state index in [0.717, 1.165) is 31.1 Å². The first kappa shape index (κ1) is 16.6. The monoisotopic (exact) mass is 322 g/mol. The Morgan fingerprint density at radius 3 is 2.67 bits per heavy atom. The van der Waals surface area contributed by atoms with Gasteiger partial charge in [-0.2, -0.15) is 0 Å². The Hall–Kier alpha value is -2.29. The molecule has 0 spiro atoms. The van der Waals surface area contributed by atoms with Crippen molar-refractivity contribution in [1.82, 2.24) is 0 Å². The van der Waals surface area contributed by atoms with Gasteiger partial charge in [0.15, 0.2) is 0 Å². The number of benzene rings is 2. The van der Waals surface area contributed by atoms with Crippen LogP contribution in [0.2, 0.25) is 0 Å². The summed E-state index contributed by atoms with van der Waals surface area (Å²) in [6, 6.07) is 16.5. The zero-order chi connectivity index (χ0) is 16.9. The van der Waals surface area contributed by atoms with E-state index in [0.29, 0.717) is 6.42 Å². The number of anilines is 2. The molecule has 0 saturated carbocycles. The second kappa shape index (κ2) is 7.52. The number of aryl methyl sites for hydroxylation is 2. The first-order valence-corrected chi connectivity index (χ1v) is 8.80. The lowest BCUT2D eigenvalue weighted by atomic mass is 10.1. The topological polar surface area (TPSA) is 32.3 Å². The summed E-state index contributed by atoms with van der Waals surface area (Å²) in [6.45, 7) is 6.63. The zero-order valence-electron chi connectivity index (χ0n) is 14.6. The van der Waals surface area contributed by atoms with Crippen LogP contribution in [0.1, 0.15) is 30.9 Å². The fourth-order valence-electron chi connectivity index (χ4n) is 3.27. The van der Waals surface area contributed by atoms with Gasteiger partial charge in [-0.25, -0.2) is 0 Å². The molecule has 1 unspecified atom stereocenters. The van der Waals surface area contributed by atoms with Crippen molar-refractivity contribution in [2.75, 3.05) is 23.3 Å². The highest BCUT2D eigenvalue weighted by molar-refractivity contribution is 5.91. The third-order valence-electron chi connectivity index (χ3n) is 4.66. The highest BCUT2D eigenvalue weighted by Gasteiger charge is 2.18. The van der Waals surface area contributed by atoms with Gasteiger partial charge in [0.1, 0.15) is 0 Å². The molecule has 1 fully saturated rings. The van der Waals surface area contributed by atoms with E-state index >= 15 is 0 Å². The SMILES string of the molecule is Cc1cccc(CCC(=O)Nc2ccc(N3CCC(C)C3)cc2)c1. The molecule has 0 aliphatic carbocycles. The first-order chi connectivity index (χ1) is 11.6. The summed E-state index contributed by atoms with van der Waals surface area (Å²) in [7, 11) is 0. The second-order valence-electron chi connectivity index (χ2n) is 6.92. The minimum atomic E-state index is 0.0686. The molecule has 1 aliphatic heterocycles. The van der Waals surface area contributed by atoms with Crippen molar-refractivity contribution in [2.45, 2.75) is 33.1 Å². The summed E-state index contributed by atoms with van der Waals surface area (Å²) >= 11 is 0. The molecule has 0 bridgehead atoms. The number of carbonyl (C=O) groups is 1. The maximum atomic E-state index is 12.1. The van der Waals surface area contributed by atoms with Crippen LogP contribution in [0.3, 0.4) is 0 Å². The molecule has 3 rings (SSSR count). The van der Waals surface area contributed by atoms with E-state index in [4.69, 9.17) is 0 Å². The maximum Gasteiger partial charge on any atom is 0.224 e. The Morgan fingerprint density at radius 2 is 2.00 bits per heavy atom. The molecule has 2 aromatic rings. The van der Waals surface area contributed by atoms with Gasteiger partial charge in [0.25, 0.3) is 0 Å². The minimum Gasteiger partial charge on any atom is -0.371 e. The number of hydrogen-bond acceptors (Lipinski definition) is 2. The van der Waals surface area contributed by atoms with E-state index in [-0.39, 0.29) is 5.91 Å². The quantitative estimate of drug-likeness (QED) is 0.884. The van der Waals surface area contributed by atoms with Crippen LogP contribution < -0.4 is 10.2 Å². The van der Waals surface area contributed by atoms with Gasteiger partial charge in [0, 0.05) is 30.9 Å². The highest BCUT2D eigenvalue weighted by Crippen LogP contribution is 2.24. The van der Waals surface area contributed by atoms with Crippen molar-refractivity contribution < 1.29 is 4.79 Å². The molecule has 1 N–H and O–H groups in total. The zero-order valence-corrected chi connectivity index (χ0v) is 14.6. The predicted octanol–water partition coefficient (Wildman–Crippen LogP) is 4.41. The largest absolute Gasteiger partial charge is 0.371 e. The van der Waals surface area contributed by atoms with Crippen LogP contribution in [0.15, 0.2) is 48.5 Å². The molecule has 1 heterocycles. The van der Waals surface area contributed by atoms with E-state index in [1.807, 2.05) is 18.2 Å². The molecule has 1 aliphatic rings. The van der Waals surface area contributed by atoms with Crippen LogP contribution in [0.25, 0.3) is 0 Å². The van der Waals surface area contributed by atoms with E-state index in [2.05, 4.69) is 54.4 Å². The van der Waals surface area contributed by atoms with Gasteiger partial charge in [-0.1, -0.05) is 36.8 Å². The normalized spacial score (nSPS) is 17.1. The molecular weight excluding hydrogens is 296 g/mol. The maximum absolute atomic E-state index is 12.1. The fraction of sp³-hybridized carbons (Fsp3) is 0.381. The summed E-state index contributed by atoms with van der Waals surface area (Å²) in [5.74, 6) is 0.838. The third kappa shape index (κ3) is 4.38. The number of carbonyl (C=O) groups excluding carboxylic acids is 1. The van der Waals surface area contributed by atoms with Crippen molar-refractivity contribution in [2.24, 2.45) is 5.92 Å². The van der Waals surface area contributed by atoms with Gasteiger partial charge < -0.3 is 10.2 Å². The first-order valence-electron chi connectivity index (χ1n) is 8.80. The van der Waals surface area contributed by atoms with Crippen LogP contribution in [0, 0.1) is 12.8 Å². The number of rotatable bonds is 5. The van der Waals surface area contributed by atoms with Crippen LogP contribution in [-0.2, 0) is 11.2 Å². The molecule has 1 saturated heterocycles. The molecule has 3 nitrogen and oxygen atoms in total. The van der Waals surface area contributed by atoms with Crippen LogP contribution in [0.4, 0.5) is 11.4 Å². The van der Waals surface area contributed by atoms with Crippen LogP contribution in [0.5, 0.6) is 0 Å². The van der Waals surface area contributed by atoms with Crippen LogP contribution >= 0.6 is 0 Å². The van der Waals surface area contributed by atoms with E-state index in [1.165, 1.54) is 23.2 Å². The minimum absolute atomic E-state index is 0.0686. The number of nitrogens with zero attached hydrogens (tertiary/aromatic N) is 1. The average molecular weight is 322 g/mol. The van der Waals surface area contributed by atoms with Crippen molar-refractivity contribution in [3.8, 4) is 0 Å². The average Bonchev–Trinajstić information content (AvgIpc) is 3.00. The summed E-state index contributed by atoms with van der Waals surface area (Å²) in [5, 5.41) is 3.00. The Labute approximate surface area is 144 Å². The number of hydrogen-bond donors (Lipinski definition) is 1. The van der Waals surface area contributed by atoms with Gasteiger partial charge in [-0.05, 0) is 55.5 Å². The molecular formula is C21H26N2O. The molecule has 24 heavy (non-hydrogen) atoms. The lowest BCUT2D eigenvalue weighted by molar-refractivity contribution is -0.116. The Kier molecular flexibility index (Phi) is 5.19. The standard InChI is InChI=1S/C21H26N2O/c1-16-4-3-5-18(14-16)6-11-21(24)22-19-7-9-20(10-8-19)23-13-12-17(2)15-23/h3-5,7-10,14,17H,6,11-13,15H2,1-2H3,(H,22,24). The Morgan fingerprint density at radius 1 is 1.21 bits per heavy atom. The Balaban J connectivity index is 1.51. The van der Waals surface area contributed by atoms with Crippen LogP contribution in [-0.4, -0.2) is 19.0 Å². The molecule has 1 atom stereocenters. The highest BCUT2D eigenvalue weighted by atomic mass is 16.1. The lowest BCUT2D eigenvalue weighted by Crippen LogP contribution is -2.19. The van der Waals surface area contributed by atoms with Gasteiger partial charge in [-0.15, -0.1) is 0 Å². The van der Waals surface area contributed by atoms with Crippen molar-refractivity contribution in [3.05, 3.63) is 59.7 Å². The van der Waals surface area contributed by atoms with Gasteiger partial charge in [0.2, 0.25) is 5.91 Å². The summed E-state index contributed by atoms with van der Waals surface area (Å²) in [4.78, 5) is 14.5. The predicted molar refractivity (Wildman–Crippen MR) is 101 cm³/mol. The van der Waals surface area contributed by atoms with Gasteiger partial charge in [0.05, 0.1) is 0 Å². The van der Waals surface area contributed by atoms with Gasteiger partial charge >= 0.3 is 0 Å². The number of nitrogens with one attached hydrogen (secondary N) is 1. The second-order valence-corrected chi connectivity index (χ2v) is 6.92. The summed E-state index contributed by atoms with van der Waals surface area (Å²) < 4.78 is 0. The smallest absolute Gasteiger partial charge is 0.224 e. The molecule has 0 radical (unpaired) electrons. The van der Waals surface area contributed by atoms with Gasteiger partial charge in [-0.3, -0.25) is 4.79 Å². The van der Waals surface area contributed by atoms with Crippen molar-refractivity contribution >= 4 is 17.3 Å². The summed E-state index contributed by atoms with van der Waals surface area (Å²) in [6.07, 6.45) is 2.55. The summed E-state index contributed by atoms with van der Waals surface area (Å²) in [5.41, 5.74) is 4.57. The fourth-order valence-corrected chi connectivity index (χ4v) is 3.27. The van der Waals surface area contributed by atoms with Crippen molar-refractivity contribution in [1.29, 1.82) is 0 Å².